The van der Waals surface area contributed by atoms with E-state index in [1.807, 2.05) is 50.3 Å². The summed E-state index contributed by atoms with van der Waals surface area (Å²) in [4.78, 5) is 60.6. The number of methoxy groups -OCH3 is 1. The van der Waals surface area contributed by atoms with E-state index in [9.17, 15) is 32.7 Å². The number of fused-ring (bicyclic) bond motifs is 3. The van der Waals surface area contributed by atoms with E-state index in [1.54, 1.807) is 13.0 Å². The lowest BCUT2D eigenvalue weighted by Crippen LogP contribution is -2.59. The molecular formula is C36H47N5O9S. The third kappa shape index (κ3) is 7.35. The van der Waals surface area contributed by atoms with Gasteiger partial charge in [0, 0.05) is 23.8 Å². The molecule has 0 bridgehead atoms. The van der Waals surface area contributed by atoms with E-state index in [-0.39, 0.29) is 37.1 Å². The summed E-state index contributed by atoms with van der Waals surface area (Å²) in [5.74, 6) is -2.18. The number of ether oxygens (including phenoxy) is 2. The number of nitrogens with one attached hydrogen (secondary N) is 3. The zero-order valence-corrected chi connectivity index (χ0v) is 30.2. The molecule has 276 valence electrons. The van der Waals surface area contributed by atoms with Gasteiger partial charge in [-0.25, -0.2) is 13.2 Å². The van der Waals surface area contributed by atoms with Gasteiger partial charge >= 0.3 is 6.09 Å². The van der Waals surface area contributed by atoms with Crippen LogP contribution in [0.1, 0.15) is 72.1 Å². The number of benzene rings is 1. The number of amides is 4. The number of hydrogen-bond donors (Lipinski definition) is 4. The van der Waals surface area contributed by atoms with Crippen LogP contribution < -0.4 is 24.8 Å². The summed E-state index contributed by atoms with van der Waals surface area (Å²) in [5, 5.41) is 16.6. The molecule has 2 aliphatic heterocycles. The van der Waals surface area contributed by atoms with Gasteiger partial charge in [0.15, 0.2) is 0 Å². The van der Waals surface area contributed by atoms with Crippen molar-refractivity contribution in [1.29, 1.82) is 0 Å². The molecule has 2 aliphatic carbocycles. The summed E-state index contributed by atoms with van der Waals surface area (Å²) in [6, 6.07) is 6.88. The van der Waals surface area contributed by atoms with Gasteiger partial charge in [-0.2, -0.15) is 4.98 Å². The molecule has 2 aromatic rings. The quantitative estimate of drug-likeness (QED) is 0.293. The molecule has 0 radical (unpaired) electrons. The first-order valence-corrected chi connectivity index (χ1v) is 19.1. The summed E-state index contributed by atoms with van der Waals surface area (Å²) in [5.41, 5.74) is -1.54. The number of carboxylic acid groups (broad SMARTS) is 1. The number of pyridine rings is 1. The first-order chi connectivity index (χ1) is 24.2. The Morgan fingerprint density at radius 2 is 1.92 bits per heavy atom. The molecule has 2 unspecified atom stereocenters. The molecule has 51 heavy (non-hydrogen) atoms. The lowest BCUT2D eigenvalue weighted by Gasteiger charge is -2.33. The molecule has 3 heterocycles. The normalized spacial score (nSPS) is 31.2. The molecule has 0 spiro atoms. The van der Waals surface area contributed by atoms with Crippen LogP contribution in [0.2, 0.25) is 0 Å². The number of rotatable bonds is 8. The van der Waals surface area contributed by atoms with Crippen molar-refractivity contribution in [2.24, 2.45) is 17.8 Å². The second-order valence-electron chi connectivity index (χ2n) is 14.8. The number of sulfonamides is 1. The topological polar surface area (TPSA) is 193 Å². The Balaban J connectivity index is 1.36. The zero-order valence-electron chi connectivity index (χ0n) is 29.4. The van der Waals surface area contributed by atoms with E-state index in [1.165, 1.54) is 12.0 Å². The Hall–Kier alpha value is -4.40. The minimum atomic E-state index is -4.00. The van der Waals surface area contributed by atoms with Crippen molar-refractivity contribution in [2.45, 2.75) is 101 Å². The Labute approximate surface area is 297 Å². The second kappa shape index (κ2) is 14.0. The van der Waals surface area contributed by atoms with Crippen LogP contribution in [0, 0.1) is 17.8 Å². The van der Waals surface area contributed by atoms with Gasteiger partial charge in [0.2, 0.25) is 33.6 Å². The van der Waals surface area contributed by atoms with Crippen LogP contribution in [0.4, 0.5) is 4.79 Å². The van der Waals surface area contributed by atoms with Gasteiger partial charge in [0.05, 0.1) is 18.4 Å². The number of hydrogen-bond acceptors (Lipinski definition) is 9. The van der Waals surface area contributed by atoms with Crippen molar-refractivity contribution in [3.05, 3.63) is 42.5 Å². The van der Waals surface area contributed by atoms with Gasteiger partial charge in [-0.05, 0) is 68.7 Å². The first kappa shape index (κ1) is 36.4. The van der Waals surface area contributed by atoms with Crippen molar-refractivity contribution in [1.82, 2.24) is 25.2 Å². The number of carbonyl (C=O) groups excluding carboxylic acids is 3. The molecule has 3 fully saturated rings. The summed E-state index contributed by atoms with van der Waals surface area (Å²) >= 11 is 0. The van der Waals surface area contributed by atoms with Gasteiger partial charge in [-0.1, -0.05) is 50.6 Å². The first-order valence-electron chi connectivity index (χ1n) is 17.7. The fourth-order valence-corrected chi connectivity index (χ4v) is 8.76. The zero-order chi connectivity index (χ0) is 36.7. The molecule has 4 amide bonds. The Morgan fingerprint density at radius 1 is 1.18 bits per heavy atom. The largest absolute Gasteiger partial charge is 0.481 e. The predicted molar refractivity (Wildman–Crippen MR) is 187 cm³/mol. The van der Waals surface area contributed by atoms with Crippen molar-refractivity contribution < 1.29 is 42.2 Å². The maximum Gasteiger partial charge on any atom is 0.405 e. The van der Waals surface area contributed by atoms with Gasteiger partial charge in [0.1, 0.15) is 23.7 Å². The highest BCUT2D eigenvalue weighted by atomic mass is 32.2. The molecule has 4 aliphatic rings. The molecule has 14 nitrogen and oxygen atoms in total. The number of nitrogens with zero attached hydrogens (tertiary/aromatic N) is 2. The summed E-state index contributed by atoms with van der Waals surface area (Å²) < 4.78 is 39.2. The number of allylic oxidation sites excluding steroid dienone is 1. The maximum atomic E-state index is 14.5. The van der Waals surface area contributed by atoms with E-state index in [0.717, 1.165) is 11.8 Å². The van der Waals surface area contributed by atoms with Crippen molar-refractivity contribution in [3.8, 4) is 11.8 Å². The van der Waals surface area contributed by atoms with E-state index in [0.29, 0.717) is 43.4 Å². The van der Waals surface area contributed by atoms with Crippen LogP contribution in [0.3, 0.4) is 0 Å². The molecule has 1 saturated heterocycles. The fraction of sp³-hybridized carbons (Fsp3) is 0.583. The summed E-state index contributed by atoms with van der Waals surface area (Å²) in [6.07, 6.45) is 5.22. The Morgan fingerprint density at radius 3 is 2.61 bits per heavy atom. The highest BCUT2D eigenvalue weighted by molar-refractivity contribution is 7.91. The van der Waals surface area contributed by atoms with Crippen LogP contribution in [-0.2, 0) is 24.4 Å². The van der Waals surface area contributed by atoms with Gasteiger partial charge < -0.3 is 30.1 Å². The van der Waals surface area contributed by atoms with E-state index >= 15 is 0 Å². The molecule has 4 N–H and O–H groups in total. The highest BCUT2D eigenvalue weighted by Crippen LogP contribution is 2.47. The van der Waals surface area contributed by atoms with Crippen LogP contribution in [0.25, 0.3) is 10.8 Å². The van der Waals surface area contributed by atoms with Gasteiger partial charge in [0.25, 0.3) is 5.91 Å². The van der Waals surface area contributed by atoms with E-state index < -0.39 is 68.2 Å². The van der Waals surface area contributed by atoms with E-state index in [2.05, 4.69) is 20.3 Å². The molecule has 15 heteroatoms. The molecule has 6 rings (SSSR count). The van der Waals surface area contributed by atoms with Crippen LogP contribution >= 0.6 is 0 Å². The van der Waals surface area contributed by atoms with Crippen molar-refractivity contribution in [3.63, 3.8) is 0 Å². The lowest BCUT2D eigenvalue weighted by atomic mass is 9.85. The molecule has 2 saturated carbocycles. The van der Waals surface area contributed by atoms with E-state index in [4.69, 9.17) is 9.47 Å². The third-order valence-corrected chi connectivity index (χ3v) is 13.2. The van der Waals surface area contributed by atoms with Gasteiger partial charge in [-0.15, -0.1) is 0 Å². The minimum absolute atomic E-state index is 0.00630. The van der Waals surface area contributed by atoms with Gasteiger partial charge in [-0.3, -0.25) is 19.1 Å². The van der Waals surface area contributed by atoms with Crippen molar-refractivity contribution in [2.75, 3.05) is 13.7 Å². The molecule has 1 aromatic carbocycles. The van der Waals surface area contributed by atoms with Crippen LogP contribution in [0.5, 0.6) is 11.8 Å². The van der Waals surface area contributed by atoms with Crippen molar-refractivity contribution >= 4 is 44.6 Å². The highest BCUT2D eigenvalue weighted by Gasteiger charge is 2.63. The molecular weight excluding hydrogens is 678 g/mol. The average Bonchev–Trinajstić information content (AvgIpc) is 3.97. The SMILES string of the molecule is CC[C@@H]1C[C@@H](C)CC/C=C\C2CC2(C(=O)NS(=O)(=O)C2(C)CC2)NC(=O)[C@@H]2C[C@@H](Oc3nc(OC)cc4ccccc34)CN2C(=O)[C@H]1NC(=O)O. The number of aromatic nitrogens is 1. The molecule has 1 aromatic heterocycles. The Bertz CT molecular complexity index is 1850. The third-order valence-electron chi connectivity index (χ3n) is 11.1. The van der Waals surface area contributed by atoms with Crippen LogP contribution in [-0.4, -0.2) is 89.4 Å². The fourth-order valence-electron chi connectivity index (χ4n) is 7.44. The van der Waals surface area contributed by atoms with Crippen LogP contribution in [0.15, 0.2) is 42.5 Å². The Kier molecular flexibility index (Phi) is 9.96. The molecule has 7 atom stereocenters. The number of carbonyl (C=O) groups is 4. The average molecular weight is 726 g/mol. The summed E-state index contributed by atoms with van der Waals surface area (Å²) in [7, 11) is -2.51. The lowest BCUT2D eigenvalue weighted by molar-refractivity contribution is -0.142. The smallest absolute Gasteiger partial charge is 0.405 e. The monoisotopic (exact) mass is 725 g/mol. The minimum Gasteiger partial charge on any atom is -0.481 e. The summed E-state index contributed by atoms with van der Waals surface area (Å²) in [6.45, 7) is 5.47. The predicted octanol–water partition coefficient (Wildman–Crippen LogP) is 3.50. The standard InChI is InChI=1S/C36H47N5O9S/c1-5-22-16-21(2)10-6-8-12-24-19-36(24,33(44)40-51(47,48)35(3)14-15-35)39-30(42)27-18-25(20-41(27)32(43)29(22)38-34(45)46)50-31-26-13-9-7-11-23(26)17-28(37-31)49-4/h7-9,11-13,17,21-22,24-25,27,29,38H,5-6,10,14-16,18-20H2,1-4H3,(H,39,42)(H,40,44)(H,45,46)/b12-8-/t21-,22+,24?,25+,27-,29-,36?/m0/s1. The maximum absolute atomic E-state index is 14.5. The second-order valence-corrected chi connectivity index (χ2v) is 17.0.